The van der Waals surface area contributed by atoms with Crippen LogP contribution in [0.25, 0.3) is 0 Å². The first-order chi connectivity index (χ1) is 10.2. The molecule has 0 aliphatic rings. The Balaban J connectivity index is 1.78. The fraction of sp³-hybridized carbons (Fsp3) is 0.154. The number of rotatable bonds is 6. The van der Waals surface area contributed by atoms with Gasteiger partial charge in [0, 0.05) is 11.6 Å². The van der Waals surface area contributed by atoms with Gasteiger partial charge in [0.1, 0.15) is 5.75 Å². The third-order valence-corrected chi connectivity index (χ3v) is 2.58. The van der Waals surface area contributed by atoms with Gasteiger partial charge < -0.3 is 25.5 Å². The average molecular weight is 290 g/mol. The molecule has 21 heavy (non-hydrogen) atoms. The lowest BCUT2D eigenvalue weighted by atomic mass is 10.2. The molecule has 0 spiro atoms. The number of carbonyl (C=O) groups is 1. The van der Waals surface area contributed by atoms with Crippen molar-refractivity contribution in [2.24, 2.45) is 10.9 Å². The highest BCUT2D eigenvalue weighted by atomic mass is 16.5. The molecule has 0 aliphatic heterocycles. The summed E-state index contributed by atoms with van der Waals surface area (Å²) >= 11 is 0. The van der Waals surface area contributed by atoms with Gasteiger partial charge in [-0.3, -0.25) is 4.79 Å². The topological polar surface area (TPSA) is 123 Å². The Morgan fingerprint density at radius 2 is 2.14 bits per heavy atom. The molecule has 0 fully saturated rings. The van der Waals surface area contributed by atoms with Gasteiger partial charge in [0.15, 0.2) is 18.2 Å². The Hall–Kier alpha value is -3.03. The van der Waals surface area contributed by atoms with Crippen LogP contribution in [0.3, 0.4) is 0 Å². The zero-order valence-corrected chi connectivity index (χ0v) is 11.0. The van der Waals surface area contributed by atoms with Crippen LogP contribution in [0, 0.1) is 0 Å². The third kappa shape index (κ3) is 4.23. The van der Waals surface area contributed by atoms with Crippen LogP contribution in [0.1, 0.15) is 11.3 Å². The first-order valence-electron chi connectivity index (χ1n) is 6.06. The molecule has 2 aromatic rings. The van der Waals surface area contributed by atoms with E-state index in [0.717, 1.165) is 0 Å². The number of amidine groups is 1. The normalized spacial score (nSPS) is 11.1. The summed E-state index contributed by atoms with van der Waals surface area (Å²) in [5.74, 6) is 0.782. The van der Waals surface area contributed by atoms with Gasteiger partial charge in [-0.25, -0.2) is 0 Å². The number of oxime groups is 1. The lowest BCUT2D eigenvalue weighted by Gasteiger charge is -2.07. The molecule has 2 rings (SSSR count). The number of ether oxygens (including phenoxy) is 1. The number of amides is 1. The molecule has 1 amide bonds. The summed E-state index contributed by atoms with van der Waals surface area (Å²) in [6, 6.07) is 8.15. The summed E-state index contributed by atoms with van der Waals surface area (Å²) in [5.41, 5.74) is 5.99. The number of nitrogens with two attached hydrogens (primary N) is 1. The second-order valence-electron chi connectivity index (χ2n) is 4.05. The van der Waals surface area contributed by atoms with Gasteiger partial charge in [0.25, 0.3) is 5.91 Å². The molecule has 0 saturated heterocycles. The van der Waals surface area contributed by atoms with E-state index in [-0.39, 0.29) is 24.9 Å². The predicted octanol–water partition coefficient (Wildman–Crippen LogP) is 0.464. The molecule has 0 unspecified atom stereocenters. The summed E-state index contributed by atoms with van der Waals surface area (Å²) in [4.78, 5) is 11.6. The molecule has 0 saturated carbocycles. The maximum atomic E-state index is 11.6. The minimum Gasteiger partial charge on any atom is -0.484 e. The van der Waals surface area contributed by atoms with Crippen LogP contribution in [0.2, 0.25) is 0 Å². The van der Waals surface area contributed by atoms with E-state index in [1.165, 1.54) is 6.20 Å². The maximum Gasteiger partial charge on any atom is 0.258 e. The highest BCUT2D eigenvalue weighted by molar-refractivity contribution is 5.97. The van der Waals surface area contributed by atoms with Gasteiger partial charge >= 0.3 is 0 Å². The van der Waals surface area contributed by atoms with Crippen LogP contribution in [0.15, 0.2) is 46.2 Å². The van der Waals surface area contributed by atoms with Crippen molar-refractivity contribution >= 4 is 11.7 Å². The average Bonchev–Trinajstić information content (AvgIpc) is 3.04. The third-order valence-electron chi connectivity index (χ3n) is 2.58. The van der Waals surface area contributed by atoms with Crippen LogP contribution in [0.4, 0.5) is 0 Å². The van der Waals surface area contributed by atoms with Crippen molar-refractivity contribution in [1.82, 2.24) is 10.5 Å². The summed E-state index contributed by atoms with van der Waals surface area (Å²) in [7, 11) is 0. The highest BCUT2D eigenvalue weighted by Gasteiger charge is 2.05. The lowest BCUT2D eigenvalue weighted by Crippen LogP contribution is -2.28. The van der Waals surface area contributed by atoms with E-state index >= 15 is 0 Å². The Labute approximate surface area is 120 Å². The van der Waals surface area contributed by atoms with Gasteiger partial charge in [0.05, 0.1) is 12.7 Å². The lowest BCUT2D eigenvalue weighted by molar-refractivity contribution is -0.123. The molecular weight excluding hydrogens is 276 g/mol. The molecule has 0 radical (unpaired) electrons. The van der Waals surface area contributed by atoms with Gasteiger partial charge in [-0.1, -0.05) is 10.3 Å². The van der Waals surface area contributed by atoms with E-state index < -0.39 is 0 Å². The van der Waals surface area contributed by atoms with E-state index in [4.69, 9.17) is 20.2 Å². The van der Waals surface area contributed by atoms with Crippen molar-refractivity contribution in [3.05, 3.63) is 47.9 Å². The van der Waals surface area contributed by atoms with Crippen molar-refractivity contribution in [3.8, 4) is 5.75 Å². The van der Waals surface area contributed by atoms with Gasteiger partial charge in [-0.05, 0) is 24.3 Å². The van der Waals surface area contributed by atoms with Gasteiger partial charge in [-0.15, -0.1) is 0 Å². The van der Waals surface area contributed by atoms with Crippen molar-refractivity contribution in [2.75, 3.05) is 6.61 Å². The van der Waals surface area contributed by atoms with Gasteiger partial charge in [0.2, 0.25) is 0 Å². The number of nitrogens with zero attached hydrogens (tertiary/aromatic N) is 2. The van der Waals surface area contributed by atoms with E-state index in [2.05, 4.69) is 15.6 Å². The fourth-order valence-corrected chi connectivity index (χ4v) is 1.50. The van der Waals surface area contributed by atoms with Crippen molar-refractivity contribution in [1.29, 1.82) is 0 Å². The molecular formula is C13H14N4O4. The zero-order valence-electron chi connectivity index (χ0n) is 11.0. The number of hydrogen-bond acceptors (Lipinski definition) is 6. The minimum atomic E-state index is -0.285. The Morgan fingerprint density at radius 1 is 1.38 bits per heavy atom. The number of nitrogens with one attached hydrogen (secondary N) is 1. The smallest absolute Gasteiger partial charge is 0.258 e. The Kier molecular flexibility index (Phi) is 4.75. The predicted molar refractivity (Wildman–Crippen MR) is 72.8 cm³/mol. The molecule has 4 N–H and O–H groups in total. The first-order valence-corrected chi connectivity index (χ1v) is 6.06. The van der Waals surface area contributed by atoms with Crippen molar-refractivity contribution in [2.45, 2.75) is 6.54 Å². The van der Waals surface area contributed by atoms with Crippen LogP contribution in [-0.2, 0) is 11.3 Å². The summed E-state index contributed by atoms with van der Waals surface area (Å²) in [5, 5.41) is 17.6. The van der Waals surface area contributed by atoms with Crippen LogP contribution in [0.5, 0.6) is 5.75 Å². The van der Waals surface area contributed by atoms with Crippen LogP contribution in [-0.4, -0.2) is 28.7 Å². The molecule has 110 valence electrons. The highest BCUT2D eigenvalue weighted by Crippen LogP contribution is 2.11. The monoisotopic (exact) mass is 290 g/mol. The molecule has 0 aliphatic carbocycles. The number of carbonyl (C=O) groups excluding carboxylic acids is 1. The summed E-state index contributed by atoms with van der Waals surface area (Å²) < 4.78 is 10.1. The molecule has 0 atom stereocenters. The Morgan fingerprint density at radius 3 is 2.76 bits per heavy atom. The zero-order chi connectivity index (χ0) is 15.1. The number of benzene rings is 1. The Bertz CT molecular complexity index is 608. The molecule has 1 aromatic carbocycles. The fourth-order valence-electron chi connectivity index (χ4n) is 1.50. The standard InChI is InChI=1S/C13H14N4O4/c14-13(17-19)9-1-3-10(4-2-9)20-8-12(18)15-7-11-5-6-16-21-11/h1-6,19H,7-8H2,(H2,14,17)(H,15,18). The van der Waals surface area contributed by atoms with Crippen molar-refractivity contribution in [3.63, 3.8) is 0 Å². The quantitative estimate of drug-likeness (QED) is 0.307. The van der Waals surface area contributed by atoms with Crippen molar-refractivity contribution < 1.29 is 19.3 Å². The maximum absolute atomic E-state index is 11.6. The molecule has 1 aromatic heterocycles. The molecule has 0 bridgehead atoms. The van der Waals surface area contributed by atoms with E-state index in [1.54, 1.807) is 30.3 Å². The van der Waals surface area contributed by atoms with E-state index in [1.807, 2.05) is 0 Å². The van der Waals surface area contributed by atoms with E-state index in [0.29, 0.717) is 17.1 Å². The van der Waals surface area contributed by atoms with Crippen LogP contribution >= 0.6 is 0 Å². The summed E-state index contributed by atoms with van der Waals surface area (Å²) in [6.45, 7) is 0.127. The molecule has 8 nitrogen and oxygen atoms in total. The molecule has 1 heterocycles. The second kappa shape index (κ2) is 6.94. The van der Waals surface area contributed by atoms with Crippen LogP contribution < -0.4 is 15.8 Å². The molecule has 8 heteroatoms. The van der Waals surface area contributed by atoms with Gasteiger partial charge in [-0.2, -0.15) is 0 Å². The number of hydrogen-bond donors (Lipinski definition) is 3. The SMILES string of the molecule is N/C(=N/O)c1ccc(OCC(=O)NCc2ccno2)cc1. The summed E-state index contributed by atoms with van der Waals surface area (Å²) in [6.07, 6.45) is 1.50. The van der Waals surface area contributed by atoms with E-state index in [9.17, 15) is 4.79 Å². The number of aromatic nitrogens is 1. The first kappa shape index (κ1) is 14.4. The largest absolute Gasteiger partial charge is 0.484 e. The second-order valence-corrected chi connectivity index (χ2v) is 4.05. The minimum absolute atomic E-state index is 0.00588.